The van der Waals surface area contributed by atoms with E-state index in [4.69, 9.17) is 9.47 Å². The van der Waals surface area contributed by atoms with Crippen molar-refractivity contribution in [1.29, 1.82) is 0 Å². The van der Waals surface area contributed by atoms with E-state index in [0.717, 1.165) is 4.90 Å². The Bertz CT molecular complexity index is 941. The van der Waals surface area contributed by atoms with Crippen LogP contribution in [0.15, 0.2) is 47.4 Å². The number of amides is 2. The van der Waals surface area contributed by atoms with Crippen molar-refractivity contribution in [2.45, 2.75) is 24.8 Å². The largest absolute Gasteiger partial charge is 0.485 e. The minimum Gasteiger partial charge on any atom is -0.485 e. The molecule has 2 heterocycles. The summed E-state index contributed by atoms with van der Waals surface area (Å²) in [4.78, 5) is 30.2. The first-order valence-corrected chi connectivity index (χ1v) is 11.1. The zero-order valence-electron chi connectivity index (χ0n) is 17.3. The molecule has 2 aliphatic heterocycles. The topological polar surface area (TPSA) is 59.1 Å². The monoisotopic (exact) mass is 426 g/mol. The number of carbonyl (C=O) groups is 2. The molecule has 2 aliphatic rings. The number of hydrogen-bond acceptors (Lipinski definition) is 5. The maximum Gasteiger partial charge on any atom is 0.267 e. The van der Waals surface area contributed by atoms with Gasteiger partial charge >= 0.3 is 0 Å². The fourth-order valence-corrected chi connectivity index (χ4v) is 4.63. The average molecular weight is 427 g/mol. The van der Waals surface area contributed by atoms with Crippen molar-refractivity contribution in [1.82, 2.24) is 9.80 Å². The van der Waals surface area contributed by atoms with E-state index < -0.39 is 6.10 Å². The summed E-state index contributed by atoms with van der Waals surface area (Å²) in [5.74, 6) is 1.70. The molecule has 1 saturated heterocycles. The van der Waals surface area contributed by atoms with E-state index in [9.17, 15) is 9.59 Å². The summed E-state index contributed by atoms with van der Waals surface area (Å²) >= 11 is 1.57. The van der Waals surface area contributed by atoms with E-state index >= 15 is 0 Å². The lowest BCUT2D eigenvalue weighted by atomic mass is 10.2. The third kappa shape index (κ3) is 4.56. The second-order valence-corrected chi connectivity index (χ2v) is 8.65. The normalized spacial score (nSPS) is 18.3. The van der Waals surface area contributed by atoms with Gasteiger partial charge in [0, 0.05) is 31.1 Å². The highest BCUT2D eigenvalue weighted by molar-refractivity contribution is 8.00. The number of ether oxygens (including phenoxy) is 2. The first-order chi connectivity index (χ1) is 14.5. The van der Waals surface area contributed by atoms with Gasteiger partial charge in [-0.05, 0) is 37.6 Å². The third-order valence-electron chi connectivity index (χ3n) is 5.41. The van der Waals surface area contributed by atoms with Gasteiger partial charge in [0.15, 0.2) is 11.5 Å². The number of benzene rings is 2. The minimum absolute atomic E-state index is 0.0822. The zero-order valence-corrected chi connectivity index (χ0v) is 18.1. The Morgan fingerprint density at radius 2 is 1.70 bits per heavy atom. The van der Waals surface area contributed by atoms with Crippen LogP contribution in [0.4, 0.5) is 0 Å². The molecule has 1 fully saturated rings. The highest BCUT2D eigenvalue weighted by atomic mass is 32.2. The Morgan fingerprint density at radius 1 is 1.00 bits per heavy atom. The maximum absolute atomic E-state index is 12.8. The number of rotatable bonds is 4. The maximum atomic E-state index is 12.8. The molecule has 6 nitrogen and oxygen atoms in total. The van der Waals surface area contributed by atoms with Gasteiger partial charge < -0.3 is 19.3 Å². The molecule has 2 amide bonds. The Balaban J connectivity index is 1.26. The second kappa shape index (κ2) is 9.00. The first-order valence-electron chi connectivity index (χ1n) is 10.2. The van der Waals surface area contributed by atoms with E-state index in [-0.39, 0.29) is 18.4 Å². The van der Waals surface area contributed by atoms with Crippen LogP contribution in [0.25, 0.3) is 0 Å². The molecule has 7 heteroatoms. The van der Waals surface area contributed by atoms with Gasteiger partial charge in [-0.25, -0.2) is 0 Å². The van der Waals surface area contributed by atoms with Gasteiger partial charge in [-0.1, -0.05) is 29.8 Å². The van der Waals surface area contributed by atoms with E-state index in [1.54, 1.807) is 22.7 Å². The molecule has 0 aliphatic carbocycles. The fraction of sp³-hybridized carbons (Fsp3) is 0.391. The van der Waals surface area contributed by atoms with Crippen molar-refractivity contribution in [2.24, 2.45) is 0 Å². The summed E-state index contributed by atoms with van der Waals surface area (Å²) < 4.78 is 11.5. The molecule has 30 heavy (non-hydrogen) atoms. The first kappa shape index (κ1) is 20.6. The number of piperazine rings is 1. The van der Waals surface area contributed by atoms with Crippen LogP contribution in [0.3, 0.4) is 0 Å². The number of fused-ring (bicyclic) bond motifs is 1. The number of para-hydroxylation sites is 2. The van der Waals surface area contributed by atoms with E-state index in [2.05, 4.69) is 32.0 Å². The van der Waals surface area contributed by atoms with Crippen LogP contribution in [0.5, 0.6) is 11.5 Å². The predicted molar refractivity (Wildman–Crippen MR) is 116 cm³/mol. The van der Waals surface area contributed by atoms with Crippen LogP contribution < -0.4 is 9.47 Å². The van der Waals surface area contributed by atoms with Gasteiger partial charge in [-0.3, -0.25) is 9.59 Å². The number of hydrogen-bond donors (Lipinski definition) is 0. The molecule has 0 spiro atoms. The van der Waals surface area contributed by atoms with Crippen LogP contribution in [-0.2, 0) is 9.59 Å². The summed E-state index contributed by atoms with van der Waals surface area (Å²) in [6.45, 7) is 6.46. The number of nitrogens with zero attached hydrogens (tertiary/aromatic N) is 2. The van der Waals surface area contributed by atoms with Gasteiger partial charge in [-0.15, -0.1) is 11.8 Å². The standard InChI is InChI=1S/C23H26N2O4S/c1-16-7-8-21(17(2)13-16)30-15-22(26)24-9-11-25(12-10-24)23(27)20-14-28-18-5-3-4-6-19(18)29-20/h3-8,13,20H,9-12,14-15H2,1-2H3. The van der Waals surface area contributed by atoms with E-state index in [1.807, 2.05) is 23.1 Å². The molecule has 2 aromatic rings. The molecule has 0 bridgehead atoms. The molecule has 0 radical (unpaired) electrons. The average Bonchev–Trinajstić information content (AvgIpc) is 2.77. The lowest BCUT2D eigenvalue weighted by Crippen LogP contribution is -2.55. The highest BCUT2D eigenvalue weighted by Crippen LogP contribution is 2.31. The van der Waals surface area contributed by atoms with Crippen LogP contribution in [0.1, 0.15) is 11.1 Å². The summed E-state index contributed by atoms with van der Waals surface area (Å²) in [5, 5.41) is 0. The predicted octanol–water partition coefficient (Wildman–Crippen LogP) is 2.91. The zero-order chi connectivity index (χ0) is 21.1. The van der Waals surface area contributed by atoms with Crippen molar-refractivity contribution >= 4 is 23.6 Å². The molecule has 4 rings (SSSR count). The molecular formula is C23H26N2O4S. The number of thioether (sulfide) groups is 1. The SMILES string of the molecule is Cc1ccc(SCC(=O)N2CCN(C(=O)C3COc4ccccc4O3)CC2)c(C)c1. The third-order valence-corrected chi connectivity index (χ3v) is 6.57. The van der Waals surface area contributed by atoms with Crippen LogP contribution in [-0.4, -0.2) is 66.3 Å². The minimum atomic E-state index is -0.637. The Kier molecular flexibility index (Phi) is 6.18. The van der Waals surface area contributed by atoms with E-state index in [1.165, 1.54) is 11.1 Å². The molecule has 1 unspecified atom stereocenters. The van der Waals surface area contributed by atoms with Crippen LogP contribution in [0, 0.1) is 13.8 Å². The van der Waals surface area contributed by atoms with Crippen LogP contribution in [0.2, 0.25) is 0 Å². The Labute approximate surface area is 181 Å². The summed E-state index contributed by atoms with van der Waals surface area (Å²) in [5.41, 5.74) is 2.42. The van der Waals surface area contributed by atoms with Crippen LogP contribution >= 0.6 is 11.8 Å². The van der Waals surface area contributed by atoms with Crippen molar-refractivity contribution in [2.75, 3.05) is 38.5 Å². The van der Waals surface area contributed by atoms with E-state index in [0.29, 0.717) is 43.4 Å². The van der Waals surface area contributed by atoms with Gasteiger partial charge in [0.2, 0.25) is 12.0 Å². The smallest absolute Gasteiger partial charge is 0.267 e. The number of aryl methyl sites for hydroxylation is 2. The molecule has 0 N–H and O–H groups in total. The lowest BCUT2D eigenvalue weighted by molar-refractivity contribution is -0.145. The van der Waals surface area contributed by atoms with Crippen molar-refractivity contribution in [3.63, 3.8) is 0 Å². The second-order valence-electron chi connectivity index (χ2n) is 7.63. The van der Waals surface area contributed by atoms with Crippen molar-refractivity contribution in [3.05, 3.63) is 53.6 Å². The van der Waals surface area contributed by atoms with Crippen molar-refractivity contribution in [3.8, 4) is 11.5 Å². The molecule has 0 saturated carbocycles. The Morgan fingerprint density at radius 3 is 2.43 bits per heavy atom. The van der Waals surface area contributed by atoms with Gasteiger partial charge in [-0.2, -0.15) is 0 Å². The quantitative estimate of drug-likeness (QED) is 0.704. The van der Waals surface area contributed by atoms with Gasteiger partial charge in [0.25, 0.3) is 5.91 Å². The molecular weight excluding hydrogens is 400 g/mol. The lowest BCUT2D eigenvalue weighted by Gasteiger charge is -2.37. The van der Waals surface area contributed by atoms with Gasteiger partial charge in [0.1, 0.15) is 6.61 Å². The molecule has 1 atom stereocenters. The molecule has 158 valence electrons. The fourth-order valence-electron chi connectivity index (χ4n) is 3.71. The summed E-state index contributed by atoms with van der Waals surface area (Å²) in [7, 11) is 0. The summed E-state index contributed by atoms with van der Waals surface area (Å²) in [6.07, 6.45) is -0.637. The molecule has 2 aromatic carbocycles. The highest BCUT2D eigenvalue weighted by Gasteiger charge is 2.33. The van der Waals surface area contributed by atoms with Gasteiger partial charge in [0.05, 0.1) is 5.75 Å². The Hall–Kier alpha value is -2.67. The number of carbonyl (C=O) groups excluding carboxylic acids is 2. The molecule has 0 aromatic heterocycles. The van der Waals surface area contributed by atoms with Crippen molar-refractivity contribution < 1.29 is 19.1 Å². The summed E-state index contributed by atoms with van der Waals surface area (Å²) in [6, 6.07) is 13.6.